The third-order valence-corrected chi connectivity index (χ3v) is 3.72. The van der Waals surface area contributed by atoms with Gasteiger partial charge in [-0.2, -0.15) is 0 Å². The van der Waals surface area contributed by atoms with Gasteiger partial charge in [-0.1, -0.05) is 23.8 Å². The van der Waals surface area contributed by atoms with Gasteiger partial charge in [-0.25, -0.2) is 0 Å². The molecule has 0 heterocycles. The Morgan fingerprint density at radius 2 is 2.00 bits per heavy atom. The van der Waals surface area contributed by atoms with Crippen LogP contribution in [0.25, 0.3) is 0 Å². The Morgan fingerprint density at radius 3 is 2.67 bits per heavy atom. The Labute approximate surface area is 129 Å². The molecule has 0 atom stereocenters. The van der Waals surface area contributed by atoms with E-state index in [1.165, 1.54) is 5.57 Å². The van der Waals surface area contributed by atoms with Gasteiger partial charge in [0.25, 0.3) is 5.91 Å². The molecule has 114 valence electrons. The molecule has 0 spiro atoms. The fourth-order valence-corrected chi connectivity index (χ4v) is 2.70. The monoisotopic (exact) mass is 307 g/mol. The number of nitrogens with one attached hydrogen (secondary N) is 1. The van der Waals surface area contributed by atoms with E-state index < -0.39 is 5.97 Å². The highest BCUT2D eigenvalue weighted by atomic mass is 32.2. The van der Waals surface area contributed by atoms with Crippen molar-refractivity contribution in [3.8, 4) is 0 Å². The summed E-state index contributed by atoms with van der Waals surface area (Å²) in [5, 5.41) is 11.3. The van der Waals surface area contributed by atoms with Crippen LogP contribution in [0.15, 0.2) is 40.8 Å². The van der Waals surface area contributed by atoms with Gasteiger partial charge in [0.1, 0.15) is 0 Å². The zero-order valence-corrected chi connectivity index (χ0v) is 13.2. The number of hydrogen-bond acceptors (Lipinski definition) is 3. The summed E-state index contributed by atoms with van der Waals surface area (Å²) in [7, 11) is 0. The van der Waals surface area contributed by atoms with Gasteiger partial charge in [0.15, 0.2) is 0 Å². The zero-order valence-electron chi connectivity index (χ0n) is 12.4. The number of carbonyl (C=O) groups excluding carboxylic acids is 1. The van der Waals surface area contributed by atoms with Gasteiger partial charge < -0.3 is 10.4 Å². The fraction of sp³-hybridized carbons (Fsp3) is 0.375. The summed E-state index contributed by atoms with van der Waals surface area (Å²) in [4.78, 5) is 23.5. The number of aliphatic carboxylic acids is 1. The first-order chi connectivity index (χ1) is 10.0. The number of amides is 1. The molecule has 0 radical (unpaired) electrons. The van der Waals surface area contributed by atoms with Crippen LogP contribution in [0.5, 0.6) is 0 Å². The van der Waals surface area contributed by atoms with Crippen LogP contribution < -0.4 is 5.32 Å². The maximum Gasteiger partial charge on any atom is 0.303 e. The summed E-state index contributed by atoms with van der Waals surface area (Å²) in [6.45, 7) is 4.46. The average Bonchev–Trinajstić information content (AvgIpc) is 2.43. The second-order valence-corrected chi connectivity index (χ2v) is 5.90. The summed E-state index contributed by atoms with van der Waals surface area (Å²) < 4.78 is 0. The second kappa shape index (κ2) is 9.23. The number of carbonyl (C=O) groups is 2. The maximum atomic E-state index is 12.1. The molecule has 0 saturated heterocycles. The number of hydrogen-bond donors (Lipinski definition) is 2. The third kappa shape index (κ3) is 6.99. The first kappa shape index (κ1) is 17.3. The fourth-order valence-electron chi connectivity index (χ4n) is 1.61. The minimum absolute atomic E-state index is 0.0667. The number of rotatable bonds is 8. The van der Waals surface area contributed by atoms with Crippen LogP contribution in [0.4, 0.5) is 0 Å². The first-order valence-corrected chi connectivity index (χ1v) is 7.84. The van der Waals surface area contributed by atoms with Crippen molar-refractivity contribution in [2.24, 2.45) is 0 Å². The van der Waals surface area contributed by atoms with Gasteiger partial charge in [-0.05, 0) is 32.4 Å². The predicted octanol–water partition coefficient (Wildman–Crippen LogP) is 3.34. The van der Waals surface area contributed by atoms with Crippen LogP contribution in [0.3, 0.4) is 0 Å². The van der Waals surface area contributed by atoms with Gasteiger partial charge in [0.2, 0.25) is 0 Å². The third-order valence-electron chi connectivity index (χ3n) is 2.72. The summed E-state index contributed by atoms with van der Waals surface area (Å²) in [6.07, 6.45) is 2.62. The Balaban J connectivity index is 2.58. The summed E-state index contributed by atoms with van der Waals surface area (Å²) in [6, 6.07) is 7.45. The average molecular weight is 307 g/mol. The lowest BCUT2D eigenvalue weighted by Crippen LogP contribution is -2.25. The normalized spacial score (nSPS) is 10.0. The largest absolute Gasteiger partial charge is 0.481 e. The molecule has 1 amide bonds. The molecule has 1 rings (SSSR count). The van der Waals surface area contributed by atoms with Crippen LogP contribution in [0.2, 0.25) is 0 Å². The van der Waals surface area contributed by atoms with Crippen molar-refractivity contribution < 1.29 is 14.7 Å². The van der Waals surface area contributed by atoms with Gasteiger partial charge in [0, 0.05) is 23.6 Å². The Bertz CT molecular complexity index is 522. The molecule has 0 fully saturated rings. The van der Waals surface area contributed by atoms with Crippen molar-refractivity contribution in [2.75, 3.05) is 12.3 Å². The number of benzene rings is 1. The van der Waals surface area contributed by atoms with Gasteiger partial charge in [-0.15, -0.1) is 11.8 Å². The van der Waals surface area contributed by atoms with E-state index in [1.54, 1.807) is 17.8 Å². The molecule has 0 unspecified atom stereocenters. The summed E-state index contributed by atoms with van der Waals surface area (Å²) in [5.41, 5.74) is 1.89. The van der Waals surface area contributed by atoms with E-state index in [2.05, 4.69) is 11.4 Å². The van der Waals surface area contributed by atoms with Crippen LogP contribution in [0, 0.1) is 0 Å². The molecule has 0 bridgehead atoms. The first-order valence-electron chi connectivity index (χ1n) is 6.86. The number of thioether (sulfide) groups is 1. The topological polar surface area (TPSA) is 66.4 Å². The Hall–Kier alpha value is -1.75. The predicted molar refractivity (Wildman–Crippen MR) is 85.8 cm³/mol. The molecule has 0 saturated carbocycles. The number of carboxylic acid groups (broad SMARTS) is 1. The van der Waals surface area contributed by atoms with Crippen molar-refractivity contribution in [3.63, 3.8) is 0 Å². The van der Waals surface area contributed by atoms with E-state index in [0.717, 1.165) is 10.6 Å². The second-order valence-electron chi connectivity index (χ2n) is 4.84. The smallest absolute Gasteiger partial charge is 0.303 e. The molecule has 0 aromatic heterocycles. The quantitative estimate of drug-likeness (QED) is 0.439. The van der Waals surface area contributed by atoms with Gasteiger partial charge in [0.05, 0.1) is 5.56 Å². The van der Waals surface area contributed by atoms with Crippen LogP contribution in [0.1, 0.15) is 37.0 Å². The zero-order chi connectivity index (χ0) is 15.7. The molecule has 5 heteroatoms. The van der Waals surface area contributed by atoms with E-state index in [1.807, 2.05) is 32.0 Å². The Morgan fingerprint density at radius 1 is 1.29 bits per heavy atom. The van der Waals surface area contributed by atoms with Crippen molar-refractivity contribution >= 4 is 23.6 Å². The molecule has 1 aromatic rings. The SMILES string of the molecule is CC(C)=CCSc1ccccc1C(=O)NCCCC(=O)O. The van der Waals surface area contributed by atoms with E-state index in [0.29, 0.717) is 18.5 Å². The Kier molecular flexibility index (Phi) is 7.61. The number of allylic oxidation sites excluding steroid dienone is 1. The number of carboxylic acids is 1. The highest BCUT2D eigenvalue weighted by Gasteiger charge is 2.10. The molecular weight excluding hydrogens is 286 g/mol. The lowest BCUT2D eigenvalue weighted by atomic mass is 10.2. The van der Waals surface area contributed by atoms with Crippen LogP contribution >= 0.6 is 11.8 Å². The highest BCUT2D eigenvalue weighted by molar-refractivity contribution is 7.99. The summed E-state index contributed by atoms with van der Waals surface area (Å²) >= 11 is 1.62. The summed E-state index contributed by atoms with van der Waals surface area (Å²) in [5.74, 6) is -0.173. The minimum Gasteiger partial charge on any atom is -0.481 e. The van der Waals surface area contributed by atoms with Crippen molar-refractivity contribution in [2.45, 2.75) is 31.6 Å². The standard InChI is InChI=1S/C16H21NO3S/c1-12(2)9-11-21-14-7-4-3-6-13(14)16(20)17-10-5-8-15(18)19/h3-4,6-7,9H,5,8,10-11H2,1-2H3,(H,17,20)(H,18,19). The van der Waals surface area contributed by atoms with Crippen molar-refractivity contribution in [1.82, 2.24) is 5.32 Å². The molecule has 0 aliphatic heterocycles. The van der Waals surface area contributed by atoms with E-state index >= 15 is 0 Å². The van der Waals surface area contributed by atoms with Crippen LogP contribution in [-0.2, 0) is 4.79 Å². The maximum absolute atomic E-state index is 12.1. The molecular formula is C16H21NO3S. The molecule has 0 aliphatic rings. The lowest BCUT2D eigenvalue weighted by Gasteiger charge is -2.09. The van der Waals surface area contributed by atoms with Gasteiger partial charge >= 0.3 is 5.97 Å². The molecule has 1 aromatic carbocycles. The van der Waals surface area contributed by atoms with Crippen molar-refractivity contribution in [1.29, 1.82) is 0 Å². The van der Waals surface area contributed by atoms with E-state index in [4.69, 9.17) is 5.11 Å². The minimum atomic E-state index is -0.845. The van der Waals surface area contributed by atoms with E-state index in [9.17, 15) is 9.59 Å². The van der Waals surface area contributed by atoms with E-state index in [-0.39, 0.29) is 12.3 Å². The van der Waals surface area contributed by atoms with Gasteiger partial charge in [-0.3, -0.25) is 9.59 Å². The molecule has 0 aliphatic carbocycles. The molecule has 2 N–H and O–H groups in total. The van der Waals surface area contributed by atoms with Crippen LogP contribution in [-0.4, -0.2) is 29.3 Å². The highest BCUT2D eigenvalue weighted by Crippen LogP contribution is 2.23. The van der Waals surface area contributed by atoms with Crippen molar-refractivity contribution in [3.05, 3.63) is 41.5 Å². The molecule has 4 nitrogen and oxygen atoms in total. The lowest BCUT2D eigenvalue weighted by molar-refractivity contribution is -0.137. The molecule has 21 heavy (non-hydrogen) atoms.